The molecule has 0 aliphatic carbocycles. The Balaban J connectivity index is 1.78. The summed E-state index contributed by atoms with van der Waals surface area (Å²) in [7, 11) is 0. The van der Waals surface area contributed by atoms with Crippen molar-refractivity contribution >= 4 is 11.0 Å². The van der Waals surface area contributed by atoms with Gasteiger partial charge in [0.25, 0.3) is 0 Å². The zero-order valence-electron chi connectivity index (χ0n) is 13.6. The Labute approximate surface area is 148 Å². The van der Waals surface area contributed by atoms with Gasteiger partial charge >= 0.3 is 6.18 Å². The van der Waals surface area contributed by atoms with Crippen LogP contribution in [0.15, 0.2) is 24.4 Å². The highest BCUT2D eigenvalue weighted by atomic mass is 19.4. The number of hydrogen-bond acceptors (Lipinski definition) is 3. The van der Waals surface area contributed by atoms with E-state index in [0.717, 1.165) is 18.3 Å². The number of halogens is 6. The molecule has 2 atom stereocenters. The lowest BCUT2D eigenvalue weighted by atomic mass is 9.86. The number of nitrogens with zero attached hydrogens (tertiary/aromatic N) is 3. The van der Waals surface area contributed by atoms with Gasteiger partial charge < -0.3 is 10.3 Å². The molecule has 0 bridgehead atoms. The lowest BCUT2D eigenvalue weighted by Gasteiger charge is -2.30. The Morgan fingerprint density at radius 2 is 1.74 bits per heavy atom. The zero-order valence-corrected chi connectivity index (χ0v) is 13.6. The third-order valence-electron chi connectivity index (χ3n) is 4.76. The van der Waals surface area contributed by atoms with Gasteiger partial charge in [-0.2, -0.15) is 13.2 Å². The summed E-state index contributed by atoms with van der Waals surface area (Å²) < 4.78 is 81.1. The van der Waals surface area contributed by atoms with Gasteiger partial charge in [0, 0.05) is 31.0 Å². The average molecular weight is 386 g/mol. The smallest absolute Gasteiger partial charge is 0.326 e. The molecule has 1 aliphatic heterocycles. The molecule has 3 aromatic rings. The first-order valence-electron chi connectivity index (χ1n) is 7.97. The standard InChI is InChI=1S/C17H12F6N4/c18-9-3-11(20)10(19)1-7(9)8-2-16-26-13-5-25-15(17(21,22)23)4-14(13)27(16)6-12(8)24/h1,3-5,8,12H,2,6,24H2/t8-,12?/m1/s1. The van der Waals surface area contributed by atoms with Crippen molar-refractivity contribution < 1.29 is 26.3 Å². The van der Waals surface area contributed by atoms with Crippen molar-refractivity contribution in [3.63, 3.8) is 0 Å². The van der Waals surface area contributed by atoms with Crippen LogP contribution in [0, 0.1) is 17.5 Å². The number of imidazole rings is 1. The molecule has 0 spiro atoms. The van der Waals surface area contributed by atoms with Crippen LogP contribution >= 0.6 is 0 Å². The van der Waals surface area contributed by atoms with Gasteiger partial charge in [-0.05, 0) is 17.7 Å². The SMILES string of the molecule is NC1Cn2c(nc3cnc(C(F)(F)F)cc32)C[C@@H]1c1cc(F)c(F)cc1F. The molecule has 142 valence electrons. The molecule has 1 unspecified atom stereocenters. The first-order valence-corrected chi connectivity index (χ1v) is 7.97. The Bertz CT molecular complexity index is 1040. The van der Waals surface area contributed by atoms with Crippen LogP contribution in [0.5, 0.6) is 0 Å². The molecule has 1 aromatic carbocycles. The predicted octanol–water partition coefficient (Wildman–Crippen LogP) is 3.53. The van der Waals surface area contributed by atoms with Gasteiger partial charge in [0.15, 0.2) is 11.6 Å². The summed E-state index contributed by atoms with van der Waals surface area (Å²) in [5, 5.41) is 0. The lowest BCUT2D eigenvalue weighted by molar-refractivity contribution is -0.141. The van der Waals surface area contributed by atoms with Gasteiger partial charge in [0.05, 0.1) is 11.7 Å². The molecule has 10 heteroatoms. The van der Waals surface area contributed by atoms with E-state index < -0.39 is 41.3 Å². The van der Waals surface area contributed by atoms with Gasteiger partial charge in [-0.15, -0.1) is 0 Å². The zero-order chi connectivity index (χ0) is 19.5. The summed E-state index contributed by atoms with van der Waals surface area (Å²) in [5.41, 5.74) is 5.40. The Hall–Kier alpha value is -2.62. The summed E-state index contributed by atoms with van der Waals surface area (Å²) in [6, 6.07) is 1.37. The van der Waals surface area contributed by atoms with Crippen LogP contribution in [-0.2, 0) is 19.1 Å². The van der Waals surface area contributed by atoms with Crippen molar-refractivity contribution in [3.8, 4) is 0 Å². The quantitative estimate of drug-likeness (QED) is 0.514. The van der Waals surface area contributed by atoms with E-state index in [1.54, 1.807) is 0 Å². The van der Waals surface area contributed by atoms with E-state index in [-0.39, 0.29) is 29.6 Å². The normalized spacial score (nSPS) is 20.1. The molecule has 1 aliphatic rings. The van der Waals surface area contributed by atoms with Crippen molar-refractivity contribution in [1.82, 2.24) is 14.5 Å². The number of fused-ring (bicyclic) bond motifs is 3. The first-order chi connectivity index (χ1) is 12.6. The van der Waals surface area contributed by atoms with Crippen molar-refractivity contribution in [3.05, 3.63) is 58.9 Å². The summed E-state index contributed by atoms with van der Waals surface area (Å²) in [5.74, 6) is -3.75. The molecule has 4 nitrogen and oxygen atoms in total. The molecule has 4 rings (SSSR count). The fourth-order valence-electron chi connectivity index (χ4n) is 3.44. The van der Waals surface area contributed by atoms with Crippen LogP contribution in [0.25, 0.3) is 11.0 Å². The van der Waals surface area contributed by atoms with Crippen LogP contribution in [-0.4, -0.2) is 20.6 Å². The van der Waals surface area contributed by atoms with E-state index in [4.69, 9.17) is 5.73 Å². The minimum atomic E-state index is -4.60. The van der Waals surface area contributed by atoms with Crippen molar-refractivity contribution in [2.24, 2.45) is 5.73 Å². The minimum absolute atomic E-state index is 0.0518. The highest BCUT2D eigenvalue weighted by Gasteiger charge is 2.35. The van der Waals surface area contributed by atoms with Crippen LogP contribution in [0.1, 0.15) is 23.0 Å². The third-order valence-corrected chi connectivity index (χ3v) is 4.76. The van der Waals surface area contributed by atoms with Crippen molar-refractivity contribution in [2.75, 3.05) is 0 Å². The molecular weight excluding hydrogens is 374 g/mol. The van der Waals surface area contributed by atoms with Crippen LogP contribution in [0.4, 0.5) is 26.3 Å². The monoisotopic (exact) mass is 386 g/mol. The summed E-state index contributed by atoms with van der Waals surface area (Å²) in [4.78, 5) is 7.61. The number of hydrogen-bond donors (Lipinski definition) is 1. The fraction of sp³-hybridized carbons (Fsp3) is 0.294. The van der Waals surface area contributed by atoms with Gasteiger partial charge in [0.1, 0.15) is 22.9 Å². The van der Waals surface area contributed by atoms with Crippen LogP contribution in [0.3, 0.4) is 0 Å². The Morgan fingerprint density at radius 3 is 2.44 bits per heavy atom. The second-order valence-corrected chi connectivity index (χ2v) is 6.46. The highest BCUT2D eigenvalue weighted by Crippen LogP contribution is 2.35. The van der Waals surface area contributed by atoms with Gasteiger partial charge in [-0.3, -0.25) is 0 Å². The number of alkyl halides is 3. The number of rotatable bonds is 1. The van der Waals surface area contributed by atoms with Crippen molar-refractivity contribution in [2.45, 2.75) is 31.1 Å². The predicted molar refractivity (Wildman–Crippen MR) is 83.3 cm³/mol. The third kappa shape index (κ3) is 2.93. The molecule has 0 saturated heterocycles. The molecular formula is C17H12F6N4. The summed E-state index contributed by atoms with van der Waals surface area (Å²) in [6.07, 6.45) is -3.52. The summed E-state index contributed by atoms with van der Waals surface area (Å²) >= 11 is 0. The van der Waals surface area contributed by atoms with E-state index >= 15 is 0 Å². The number of pyridine rings is 1. The Kier molecular flexibility index (Phi) is 3.91. The molecule has 2 aromatic heterocycles. The van der Waals surface area contributed by atoms with Gasteiger partial charge in [0.2, 0.25) is 0 Å². The Morgan fingerprint density at radius 1 is 1.04 bits per heavy atom. The molecule has 3 heterocycles. The van der Waals surface area contributed by atoms with E-state index in [1.165, 1.54) is 4.57 Å². The molecule has 0 saturated carbocycles. The minimum Gasteiger partial charge on any atom is -0.326 e. The number of benzene rings is 1. The molecule has 0 fully saturated rings. The van der Waals surface area contributed by atoms with Crippen molar-refractivity contribution in [1.29, 1.82) is 0 Å². The number of nitrogens with two attached hydrogens (primary N) is 1. The molecule has 0 radical (unpaired) electrons. The topological polar surface area (TPSA) is 56.7 Å². The maximum absolute atomic E-state index is 14.1. The van der Waals surface area contributed by atoms with Gasteiger partial charge in [-0.1, -0.05) is 0 Å². The van der Waals surface area contributed by atoms with E-state index in [0.29, 0.717) is 11.9 Å². The van der Waals surface area contributed by atoms with Gasteiger partial charge in [-0.25, -0.2) is 23.1 Å². The molecule has 2 N–H and O–H groups in total. The largest absolute Gasteiger partial charge is 0.433 e. The second kappa shape index (κ2) is 5.95. The number of aromatic nitrogens is 3. The molecule has 27 heavy (non-hydrogen) atoms. The maximum Gasteiger partial charge on any atom is 0.433 e. The first kappa shape index (κ1) is 17.8. The van der Waals surface area contributed by atoms with E-state index in [9.17, 15) is 26.3 Å². The fourth-order valence-corrected chi connectivity index (χ4v) is 3.44. The van der Waals surface area contributed by atoms with Crippen LogP contribution in [0.2, 0.25) is 0 Å². The van der Waals surface area contributed by atoms with E-state index in [2.05, 4.69) is 9.97 Å². The average Bonchev–Trinajstić information content (AvgIpc) is 2.93. The maximum atomic E-state index is 14.1. The van der Waals surface area contributed by atoms with E-state index in [1.807, 2.05) is 0 Å². The highest BCUT2D eigenvalue weighted by molar-refractivity contribution is 5.76. The molecule has 0 amide bonds. The lowest BCUT2D eigenvalue weighted by Crippen LogP contribution is -2.39. The second-order valence-electron chi connectivity index (χ2n) is 6.46. The van der Waals surface area contributed by atoms with Crippen LogP contribution < -0.4 is 5.73 Å². The summed E-state index contributed by atoms with van der Waals surface area (Å²) in [6.45, 7) is 0.0518.